The van der Waals surface area contributed by atoms with Crippen molar-refractivity contribution in [1.29, 1.82) is 0 Å². The molecule has 0 spiro atoms. The van der Waals surface area contributed by atoms with Crippen LogP contribution in [0, 0.1) is 5.92 Å². The molecule has 1 nitrogen and oxygen atoms in total. The Hall–Kier alpha value is -0.590. The summed E-state index contributed by atoms with van der Waals surface area (Å²) in [5, 5.41) is 0. The smallest absolute Gasteiger partial charge is 0.152 e. The van der Waals surface area contributed by atoms with E-state index < -0.39 is 0 Å². The van der Waals surface area contributed by atoms with Crippen LogP contribution in [0.3, 0.4) is 0 Å². The van der Waals surface area contributed by atoms with Crippen LogP contribution in [0.1, 0.15) is 33.1 Å². The number of allylic oxidation sites excluding steroid dienone is 2. The molecule has 0 heterocycles. The molecule has 0 unspecified atom stereocenters. The Kier molecular flexibility index (Phi) is 2.25. The normalized spacial score (nSPS) is 19.2. The highest BCUT2D eigenvalue weighted by Crippen LogP contribution is 2.37. The maximum absolute atomic E-state index is 10.7. The Morgan fingerprint density at radius 1 is 1.60 bits per heavy atom. The van der Waals surface area contributed by atoms with Crippen molar-refractivity contribution >= 4 is 5.78 Å². The van der Waals surface area contributed by atoms with Crippen LogP contribution < -0.4 is 0 Å². The van der Waals surface area contributed by atoms with Crippen LogP contribution in [0.4, 0.5) is 0 Å². The molecule has 0 bridgehead atoms. The molecule has 56 valence electrons. The molecule has 0 amide bonds. The minimum atomic E-state index is 0.198. The SMILES string of the molecule is CCC(=CC(C)=O)C1CC1. The molecule has 1 saturated carbocycles. The van der Waals surface area contributed by atoms with Gasteiger partial charge in [0.2, 0.25) is 0 Å². The van der Waals surface area contributed by atoms with Crippen molar-refractivity contribution in [3.05, 3.63) is 11.6 Å². The zero-order valence-corrected chi connectivity index (χ0v) is 6.68. The fraction of sp³-hybridized carbons (Fsp3) is 0.667. The van der Waals surface area contributed by atoms with E-state index in [0.29, 0.717) is 0 Å². The Morgan fingerprint density at radius 2 is 2.20 bits per heavy atom. The molecule has 0 saturated heterocycles. The predicted molar refractivity (Wildman–Crippen MR) is 41.8 cm³/mol. The van der Waals surface area contributed by atoms with Gasteiger partial charge in [0.15, 0.2) is 5.78 Å². The van der Waals surface area contributed by atoms with Gasteiger partial charge >= 0.3 is 0 Å². The van der Waals surface area contributed by atoms with Gasteiger partial charge in [0.1, 0.15) is 0 Å². The van der Waals surface area contributed by atoms with E-state index in [1.165, 1.54) is 18.4 Å². The molecule has 1 aliphatic rings. The van der Waals surface area contributed by atoms with E-state index in [9.17, 15) is 4.79 Å². The molecule has 1 fully saturated rings. The summed E-state index contributed by atoms with van der Waals surface area (Å²) in [6, 6.07) is 0. The number of rotatable bonds is 3. The Bertz CT molecular complexity index is 164. The standard InChI is InChI=1S/C9H14O/c1-3-8(6-7(2)10)9-4-5-9/h6,9H,3-5H2,1-2H3. The molecule has 1 aliphatic carbocycles. The summed E-state index contributed by atoms with van der Waals surface area (Å²) >= 11 is 0. The van der Waals surface area contributed by atoms with Crippen LogP contribution in [0.5, 0.6) is 0 Å². The van der Waals surface area contributed by atoms with Crippen LogP contribution in [-0.2, 0) is 4.79 Å². The molecule has 0 aromatic heterocycles. The van der Waals surface area contributed by atoms with Gasteiger partial charge in [-0.2, -0.15) is 0 Å². The van der Waals surface area contributed by atoms with E-state index >= 15 is 0 Å². The lowest BCUT2D eigenvalue weighted by molar-refractivity contribution is -0.112. The summed E-state index contributed by atoms with van der Waals surface area (Å²) in [6.45, 7) is 3.74. The summed E-state index contributed by atoms with van der Waals surface area (Å²) < 4.78 is 0. The van der Waals surface area contributed by atoms with Crippen molar-refractivity contribution < 1.29 is 4.79 Å². The lowest BCUT2D eigenvalue weighted by atomic mass is 10.1. The highest BCUT2D eigenvalue weighted by atomic mass is 16.1. The molecular weight excluding hydrogens is 124 g/mol. The van der Waals surface area contributed by atoms with Gasteiger partial charge in [-0.05, 0) is 38.2 Å². The molecule has 10 heavy (non-hydrogen) atoms. The van der Waals surface area contributed by atoms with Gasteiger partial charge in [-0.1, -0.05) is 12.5 Å². The average molecular weight is 138 g/mol. The first-order valence-electron chi connectivity index (χ1n) is 3.95. The molecule has 0 aliphatic heterocycles. The third kappa shape index (κ3) is 1.98. The fourth-order valence-electron chi connectivity index (χ4n) is 1.22. The largest absolute Gasteiger partial charge is 0.295 e. The topological polar surface area (TPSA) is 17.1 Å². The molecule has 1 rings (SSSR count). The van der Waals surface area contributed by atoms with Crippen LogP contribution in [-0.4, -0.2) is 5.78 Å². The number of hydrogen-bond donors (Lipinski definition) is 0. The highest BCUT2D eigenvalue weighted by Gasteiger charge is 2.24. The Labute approximate surface area is 62.1 Å². The van der Waals surface area contributed by atoms with Gasteiger partial charge < -0.3 is 0 Å². The maximum atomic E-state index is 10.7. The zero-order chi connectivity index (χ0) is 7.56. The fourth-order valence-corrected chi connectivity index (χ4v) is 1.22. The van der Waals surface area contributed by atoms with Crippen molar-refractivity contribution in [3.8, 4) is 0 Å². The number of carbonyl (C=O) groups excluding carboxylic acids is 1. The van der Waals surface area contributed by atoms with Gasteiger partial charge in [-0.25, -0.2) is 0 Å². The monoisotopic (exact) mass is 138 g/mol. The molecule has 0 N–H and O–H groups in total. The van der Waals surface area contributed by atoms with E-state index in [1.54, 1.807) is 13.0 Å². The molecule has 0 radical (unpaired) electrons. The predicted octanol–water partition coefficient (Wildman–Crippen LogP) is 2.32. The summed E-state index contributed by atoms with van der Waals surface area (Å²) in [6.07, 6.45) is 5.45. The number of ketones is 1. The van der Waals surface area contributed by atoms with Crippen molar-refractivity contribution in [3.63, 3.8) is 0 Å². The third-order valence-electron chi connectivity index (χ3n) is 1.90. The van der Waals surface area contributed by atoms with Crippen molar-refractivity contribution in [2.45, 2.75) is 33.1 Å². The van der Waals surface area contributed by atoms with Crippen LogP contribution in [0.25, 0.3) is 0 Å². The first-order valence-corrected chi connectivity index (χ1v) is 3.95. The lowest BCUT2D eigenvalue weighted by Crippen LogP contribution is -1.89. The van der Waals surface area contributed by atoms with Crippen LogP contribution in [0.2, 0.25) is 0 Å². The van der Waals surface area contributed by atoms with Crippen molar-refractivity contribution in [2.75, 3.05) is 0 Å². The van der Waals surface area contributed by atoms with E-state index in [4.69, 9.17) is 0 Å². The average Bonchev–Trinajstić information content (AvgIpc) is 2.63. The number of carbonyl (C=O) groups is 1. The molecule has 0 aromatic rings. The minimum absolute atomic E-state index is 0.198. The van der Waals surface area contributed by atoms with Gasteiger partial charge in [0, 0.05) is 0 Å². The molecular formula is C9H14O. The maximum Gasteiger partial charge on any atom is 0.152 e. The second-order valence-electron chi connectivity index (χ2n) is 2.96. The van der Waals surface area contributed by atoms with Gasteiger partial charge in [0.05, 0.1) is 0 Å². The van der Waals surface area contributed by atoms with Crippen molar-refractivity contribution in [1.82, 2.24) is 0 Å². The Balaban J connectivity index is 2.53. The van der Waals surface area contributed by atoms with Crippen molar-refractivity contribution in [2.24, 2.45) is 5.92 Å². The van der Waals surface area contributed by atoms with E-state index in [-0.39, 0.29) is 5.78 Å². The van der Waals surface area contributed by atoms with Gasteiger partial charge in [-0.15, -0.1) is 0 Å². The molecule has 0 aromatic carbocycles. The molecule has 0 atom stereocenters. The summed E-state index contributed by atoms with van der Waals surface area (Å²) in [5.74, 6) is 0.956. The third-order valence-corrected chi connectivity index (χ3v) is 1.90. The van der Waals surface area contributed by atoms with Crippen LogP contribution in [0.15, 0.2) is 11.6 Å². The van der Waals surface area contributed by atoms with E-state index in [2.05, 4.69) is 6.92 Å². The molecule has 1 heteroatoms. The minimum Gasteiger partial charge on any atom is -0.295 e. The second kappa shape index (κ2) is 3.00. The van der Waals surface area contributed by atoms with E-state index in [1.807, 2.05) is 0 Å². The lowest BCUT2D eigenvalue weighted by Gasteiger charge is -1.97. The van der Waals surface area contributed by atoms with E-state index in [0.717, 1.165) is 12.3 Å². The quantitative estimate of drug-likeness (QED) is 0.547. The van der Waals surface area contributed by atoms with Gasteiger partial charge in [-0.3, -0.25) is 4.79 Å². The van der Waals surface area contributed by atoms with Gasteiger partial charge in [0.25, 0.3) is 0 Å². The summed E-state index contributed by atoms with van der Waals surface area (Å²) in [5.41, 5.74) is 1.35. The highest BCUT2D eigenvalue weighted by molar-refractivity contribution is 5.88. The second-order valence-corrected chi connectivity index (χ2v) is 2.96. The zero-order valence-electron chi connectivity index (χ0n) is 6.68. The summed E-state index contributed by atoms with van der Waals surface area (Å²) in [4.78, 5) is 10.7. The Morgan fingerprint density at radius 3 is 2.50 bits per heavy atom. The first-order chi connectivity index (χ1) is 4.74. The summed E-state index contributed by atoms with van der Waals surface area (Å²) in [7, 11) is 0. The number of hydrogen-bond acceptors (Lipinski definition) is 1. The van der Waals surface area contributed by atoms with Crippen LogP contribution >= 0.6 is 0 Å². The first kappa shape index (κ1) is 7.52.